The van der Waals surface area contributed by atoms with Crippen LogP contribution in [0.3, 0.4) is 0 Å². The van der Waals surface area contributed by atoms with Crippen LogP contribution in [0.15, 0.2) is 15.8 Å². The lowest BCUT2D eigenvalue weighted by Crippen LogP contribution is -2.46. The number of nitrogens with zero attached hydrogens (tertiary/aromatic N) is 1. The molecular weight excluding hydrogens is 527 g/mol. The number of alkyl halides is 1. The second-order valence-corrected chi connectivity index (χ2v) is 10.7. The first-order chi connectivity index (χ1) is 14.8. The number of hydrogen-bond acceptors (Lipinski definition) is 10. The highest BCUT2D eigenvalue weighted by Gasteiger charge is 2.60. The maximum absolute atomic E-state index is 15.3. The van der Waals surface area contributed by atoms with Gasteiger partial charge in [-0.3, -0.25) is 18.9 Å². The van der Waals surface area contributed by atoms with Crippen molar-refractivity contribution in [1.29, 1.82) is 0 Å². The van der Waals surface area contributed by atoms with Crippen molar-refractivity contribution in [1.82, 2.24) is 9.55 Å². The van der Waals surface area contributed by atoms with E-state index in [-0.39, 0.29) is 10.8 Å². The Kier molecular flexibility index (Phi) is 7.74. The van der Waals surface area contributed by atoms with Gasteiger partial charge in [0.2, 0.25) is 11.5 Å². The SMILES string of the molecule is C#CC1(F)[C@@H](O)[C@@H]([C@H](C)OP(=O)(O)OP(=O)(O)OP(=O)(O)O)O[C@H]1n1cc(F)c(=O)[nH]c1=O. The summed E-state index contributed by atoms with van der Waals surface area (Å²) >= 11 is 0. The Balaban J connectivity index is 2.31. The second-order valence-electron chi connectivity index (χ2n) is 6.36. The summed E-state index contributed by atoms with van der Waals surface area (Å²) in [7, 11) is -17.3. The van der Waals surface area contributed by atoms with Crippen LogP contribution in [-0.2, 0) is 31.6 Å². The molecule has 0 amide bonds. The summed E-state index contributed by atoms with van der Waals surface area (Å²) in [6.45, 7) is 0.835. The predicted molar refractivity (Wildman–Crippen MR) is 98.3 cm³/mol. The van der Waals surface area contributed by atoms with E-state index in [1.807, 2.05) is 0 Å². The molecule has 2 rings (SSSR count). The van der Waals surface area contributed by atoms with E-state index in [1.165, 1.54) is 10.9 Å². The molecule has 21 heteroatoms. The lowest BCUT2D eigenvalue weighted by Gasteiger charge is -2.25. The van der Waals surface area contributed by atoms with E-state index < -0.39 is 70.7 Å². The molecule has 0 radical (unpaired) electrons. The number of phosphoric ester groups is 1. The molecule has 1 aliphatic rings. The van der Waals surface area contributed by atoms with Gasteiger partial charge < -0.3 is 29.4 Å². The molecule has 1 fully saturated rings. The van der Waals surface area contributed by atoms with E-state index in [4.69, 9.17) is 25.8 Å². The molecule has 6 N–H and O–H groups in total. The van der Waals surface area contributed by atoms with Crippen molar-refractivity contribution in [2.75, 3.05) is 0 Å². The van der Waals surface area contributed by atoms with E-state index in [2.05, 4.69) is 13.1 Å². The van der Waals surface area contributed by atoms with Crippen LogP contribution in [0.2, 0.25) is 0 Å². The average molecular weight is 542 g/mol. The number of aliphatic hydroxyl groups is 1. The third-order valence-corrected chi connectivity index (χ3v) is 7.89. The molecule has 33 heavy (non-hydrogen) atoms. The molecule has 1 aliphatic heterocycles. The Bertz CT molecular complexity index is 1220. The fourth-order valence-electron chi connectivity index (χ4n) is 2.70. The van der Waals surface area contributed by atoms with Crippen LogP contribution in [0.4, 0.5) is 8.78 Å². The van der Waals surface area contributed by atoms with Crippen LogP contribution in [0, 0.1) is 18.2 Å². The summed E-state index contributed by atoms with van der Waals surface area (Å²) < 4.78 is 79.5. The normalized spacial score (nSPS) is 30.2. The lowest BCUT2D eigenvalue weighted by molar-refractivity contribution is -0.0783. The molecule has 1 saturated heterocycles. The second kappa shape index (κ2) is 9.23. The molecule has 0 spiro atoms. The number of aliphatic hydroxyl groups excluding tert-OH is 1. The van der Waals surface area contributed by atoms with Gasteiger partial charge in [0.05, 0.1) is 12.3 Å². The number of ether oxygens (including phenoxy) is 1. The maximum atomic E-state index is 15.3. The highest BCUT2D eigenvalue weighted by Crippen LogP contribution is 2.66. The highest BCUT2D eigenvalue weighted by molar-refractivity contribution is 7.66. The topological polar surface area (TPSA) is 244 Å². The van der Waals surface area contributed by atoms with Gasteiger partial charge in [0.25, 0.3) is 5.56 Å². The van der Waals surface area contributed by atoms with Crippen molar-refractivity contribution < 1.29 is 65.0 Å². The van der Waals surface area contributed by atoms with E-state index in [0.29, 0.717) is 0 Å². The first-order valence-corrected chi connectivity index (χ1v) is 12.7. The van der Waals surface area contributed by atoms with Crippen LogP contribution < -0.4 is 11.2 Å². The number of phosphoric acid groups is 3. The highest BCUT2D eigenvalue weighted by atomic mass is 31.3. The van der Waals surface area contributed by atoms with Gasteiger partial charge in [-0.1, -0.05) is 5.92 Å². The average Bonchev–Trinajstić information content (AvgIpc) is 2.87. The predicted octanol–water partition coefficient (Wildman–Crippen LogP) is -0.993. The molecule has 0 aliphatic carbocycles. The van der Waals surface area contributed by atoms with Crippen molar-refractivity contribution >= 4 is 23.5 Å². The Morgan fingerprint density at radius 1 is 1.24 bits per heavy atom. The molecule has 16 nitrogen and oxygen atoms in total. The number of aromatic amines is 1. The van der Waals surface area contributed by atoms with Gasteiger partial charge in [0.15, 0.2) is 6.23 Å². The number of terminal acetylenes is 1. The molecule has 3 unspecified atom stereocenters. The van der Waals surface area contributed by atoms with Crippen molar-refractivity contribution in [2.24, 2.45) is 0 Å². The molecule has 1 aromatic rings. The molecule has 0 saturated carbocycles. The third kappa shape index (κ3) is 6.31. The number of H-pyrrole nitrogens is 1. The number of aromatic nitrogens is 2. The maximum Gasteiger partial charge on any atom is 0.490 e. The first kappa shape index (κ1) is 27.7. The lowest BCUT2D eigenvalue weighted by atomic mass is 9.95. The zero-order chi connectivity index (χ0) is 25.6. The Morgan fingerprint density at radius 3 is 2.33 bits per heavy atom. The van der Waals surface area contributed by atoms with Gasteiger partial charge in [-0.15, -0.1) is 6.42 Å². The fourth-order valence-corrected chi connectivity index (χ4v) is 5.90. The number of halogens is 2. The zero-order valence-corrected chi connectivity index (χ0v) is 18.6. The molecular formula is C12H15F2N2O14P3. The molecule has 7 atom stereocenters. The third-order valence-electron chi connectivity index (χ3n) is 3.96. The smallest absolute Gasteiger partial charge is 0.386 e. The summed E-state index contributed by atoms with van der Waals surface area (Å²) in [6, 6.07) is 0. The van der Waals surface area contributed by atoms with Crippen LogP contribution in [0.25, 0.3) is 0 Å². The van der Waals surface area contributed by atoms with Crippen molar-refractivity contribution in [2.45, 2.75) is 37.1 Å². The molecule has 2 heterocycles. The largest absolute Gasteiger partial charge is 0.490 e. The van der Waals surface area contributed by atoms with Crippen LogP contribution in [0.5, 0.6) is 0 Å². The van der Waals surface area contributed by atoms with Gasteiger partial charge in [-0.05, 0) is 6.92 Å². The van der Waals surface area contributed by atoms with E-state index in [9.17, 15) is 37.7 Å². The van der Waals surface area contributed by atoms with E-state index in [1.54, 1.807) is 0 Å². The van der Waals surface area contributed by atoms with Gasteiger partial charge in [-0.25, -0.2) is 22.9 Å². The van der Waals surface area contributed by atoms with Crippen LogP contribution >= 0.6 is 23.5 Å². The Morgan fingerprint density at radius 2 is 1.82 bits per heavy atom. The standard InChI is InChI=1S/C12H15F2N2O14P3/c1-3-12(14)8(17)7(27-10(12)16-4-6(13)9(18)15-11(16)19)5(2)28-32(23,24)30-33(25,26)29-31(20,21)22/h1,4-5,7-8,10,17H,2H3,(H,23,24)(H,25,26)(H,15,18,19)(H2,20,21,22)/t5-,7+,8-,10+,12?/m0/s1. The number of nitrogens with one attached hydrogen (secondary N) is 1. The van der Waals surface area contributed by atoms with Gasteiger partial charge >= 0.3 is 29.2 Å². The summed E-state index contributed by atoms with van der Waals surface area (Å²) in [5.74, 6) is -0.0722. The first-order valence-electron chi connectivity index (χ1n) is 8.15. The number of hydrogen-bond donors (Lipinski definition) is 6. The Labute approximate surface area is 181 Å². The summed E-state index contributed by atoms with van der Waals surface area (Å²) in [5.41, 5.74) is -6.16. The monoisotopic (exact) mass is 542 g/mol. The van der Waals surface area contributed by atoms with Crippen LogP contribution in [0.1, 0.15) is 13.2 Å². The minimum absolute atomic E-state index is 0.150. The van der Waals surface area contributed by atoms with Crippen LogP contribution in [-0.4, -0.2) is 58.2 Å². The molecule has 1 aromatic heterocycles. The molecule has 186 valence electrons. The van der Waals surface area contributed by atoms with E-state index in [0.717, 1.165) is 6.92 Å². The van der Waals surface area contributed by atoms with Crippen molar-refractivity contribution in [3.05, 3.63) is 32.9 Å². The summed E-state index contributed by atoms with van der Waals surface area (Å²) in [6.07, 6.45) is -3.42. The summed E-state index contributed by atoms with van der Waals surface area (Å²) in [5, 5.41) is 10.3. The molecule has 0 aromatic carbocycles. The quantitative estimate of drug-likeness (QED) is 0.171. The number of rotatable bonds is 8. The van der Waals surface area contributed by atoms with E-state index >= 15 is 4.39 Å². The minimum atomic E-state index is -5.88. The molecule has 0 bridgehead atoms. The minimum Gasteiger partial charge on any atom is -0.386 e. The fraction of sp³-hybridized carbons (Fsp3) is 0.500. The Hall–Kier alpha value is -1.57. The van der Waals surface area contributed by atoms with Gasteiger partial charge in [0, 0.05) is 0 Å². The zero-order valence-electron chi connectivity index (χ0n) is 15.9. The summed E-state index contributed by atoms with van der Waals surface area (Å²) in [4.78, 5) is 60.3. The van der Waals surface area contributed by atoms with Crippen molar-refractivity contribution in [3.63, 3.8) is 0 Å². The van der Waals surface area contributed by atoms with Gasteiger partial charge in [-0.2, -0.15) is 13.0 Å². The van der Waals surface area contributed by atoms with Gasteiger partial charge in [0.1, 0.15) is 12.2 Å². The van der Waals surface area contributed by atoms with Crippen molar-refractivity contribution in [3.8, 4) is 12.3 Å².